The minimum Gasteiger partial charge on any atom is -0.452 e. The lowest BCUT2D eigenvalue weighted by Gasteiger charge is -2.03. The molecule has 5 nitrogen and oxygen atoms in total. The van der Waals surface area contributed by atoms with E-state index in [1.807, 2.05) is 60.9 Å². The van der Waals surface area contributed by atoms with Crippen LogP contribution < -0.4 is 10.7 Å². The molecular formula is C18H8N4OS. The Morgan fingerprint density at radius 1 is 0.833 bits per heavy atom. The fraction of sp³-hybridized carbons (Fsp3) is 0. The number of nitrogens with zero attached hydrogens (tertiary/aromatic N) is 4. The first-order valence-corrected chi connectivity index (χ1v) is 7.88. The molecule has 0 unspecified atom stereocenters. The van der Waals surface area contributed by atoms with Gasteiger partial charge in [-0.25, -0.2) is 0 Å². The van der Waals surface area contributed by atoms with E-state index < -0.39 is 0 Å². The molecule has 0 saturated heterocycles. The Morgan fingerprint density at radius 2 is 1.46 bits per heavy atom. The lowest BCUT2D eigenvalue weighted by Crippen LogP contribution is -2.16. The fourth-order valence-corrected chi connectivity index (χ4v) is 3.77. The molecule has 0 aromatic heterocycles. The third-order valence-corrected chi connectivity index (χ3v) is 4.81. The Bertz CT molecular complexity index is 1280. The summed E-state index contributed by atoms with van der Waals surface area (Å²) in [5, 5.41) is 20.7. The molecule has 112 valence electrons. The Morgan fingerprint density at radius 3 is 2.21 bits per heavy atom. The van der Waals surface area contributed by atoms with E-state index in [0.29, 0.717) is 26.2 Å². The average molecular weight is 328 g/mol. The van der Waals surface area contributed by atoms with Gasteiger partial charge in [-0.05, 0) is 12.1 Å². The van der Waals surface area contributed by atoms with Gasteiger partial charge in [0.15, 0.2) is 5.42 Å². The van der Waals surface area contributed by atoms with Crippen LogP contribution in [0.2, 0.25) is 0 Å². The highest BCUT2D eigenvalue weighted by molar-refractivity contribution is 7.16. The summed E-state index contributed by atoms with van der Waals surface area (Å²) in [7, 11) is 0. The largest absolute Gasteiger partial charge is 0.452 e. The Balaban J connectivity index is 2.50. The molecule has 4 rings (SSSR count). The molecule has 24 heavy (non-hydrogen) atoms. The molecule has 2 aliphatic rings. The standard InChI is InChI=1S/C18H8N4OS/c19-9-21-15-11-5-1-2-6-12(11)16(22-10-20)18-17(15)23-13-7-3-4-8-14(13)24-18/h1-8H. The van der Waals surface area contributed by atoms with Crippen molar-refractivity contribution in [1.82, 2.24) is 0 Å². The molecule has 0 bridgehead atoms. The Hall–Kier alpha value is -3.48. The second-order valence-electron chi connectivity index (χ2n) is 4.98. The summed E-state index contributed by atoms with van der Waals surface area (Å²) in [5.74, 6) is 0. The monoisotopic (exact) mass is 328 g/mol. The molecule has 0 saturated carbocycles. The molecule has 2 aromatic carbocycles. The highest BCUT2D eigenvalue weighted by Crippen LogP contribution is 2.20. The number of hydrogen-bond acceptors (Lipinski definition) is 6. The molecule has 1 aliphatic heterocycles. The van der Waals surface area contributed by atoms with Gasteiger partial charge >= 0.3 is 0 Å². The first-order valence-electron chi connectivity index (χ1n) is 7.06. The first-order chi connectivity index (χ1) is 11.8. The summed E-state index contributed by atoms with van der Waals surface area (Å²) in [6, 6.07) is 15.0. The summed E-state index contributed by atoms with van der Waals surface area (Å²) in [6.07, 6.45) is 3.70. The van der Waals surface area contributed by atoms with Gasteiger partial charge in [-0.2, -0.15) is 20.5 Å². The van der Waals surface area contributed by atoms with Crippen LogP contribution in [0.3, 0.4) is 0 Å². The van der Waals surface area contributed by atoms with Crippen molar-refractivity contribution in [2.24, 2.45) is 9.98 Å². The summed E-state index contributed by atoms with van der Waals surface area (Å²) in [4.78, 5) is 7.97. The highest BCUT2D eigenvalue weighted by Gasteiger charge is 2.09. The van der Waals surface area contributed by atoms with Gasteiger partial charge in [-0.1, -0.05) is 36.4 Å². The van der Waals surface area contributed by atoms with Crippen LogP contribution >= 0.6 is 11.3 Å². The minimum absolute atomic E-state index is 0.460. The predicted octanol–water partition coefficient (Wildman–Crippen LogP) is 3.14. The van der Waals surface area contributed by atoms with Crippen LogP contribution in [0.5, 0.6) is 0 Å². The zero-order valence-corrected chi connectivity index (χ0v) is 13.0. The van der Waals surface area contributed by atoms with Crippen molar-refractivity contribution < 1.29 is 4.42 Å². The van der Waals surface area contributed by atoms with E-state index in [4.69, 9.17) is 14.9 Å². The minimum atomic E-state index is 0.460. The molecule has 1 aliphatic carbocycles. The predicted molar refractivity (Wildman–Crippen MR) is 89.2 cm³/mol. The van der Waals surface area contributed by atoms with Gasteiger partial charge in [-0.3, -0.25) is 0 Å². The van der Waals surface area contributed by atoms with Crippen molar-refractivity contribution in [2.45, 2.75) is 0 Å². The zero-order valence-electron chi connectivity index (χ0n) is 12.2. The SMILES string of the molecule is N#CN=c1c2oc3ccccc3sc=2c(=NC#N)c2ccccc12. The first kappa shape index (κ1) is 14.1. The fourth-order valence-electron chi connectivity index (χ4n) is 2.71. The molecule has 0 radical (unpaired) electrons. The number of nitriles is 2. The van der Waals surface area contributed by atoms with Gasteiger partial charge in [0.1, 0.15) is 16.3 Å². The second-order valence-corrected chi connectivity index (χ2v) is 6.03. The van der Waals surface area contributed by atoms with Crippen LogP contribution in [0.25, 0.3) is 21.1 Å². The van der Waals surface area contributed by atoms with Crippen molar-refractivity contribution >= 4 is 32.4 Å². The molecule has 6 heteroatoms. The van der Waals surface area contributed by atoms with Crippen molar-refractivity contribution in [2.75, 3.05) is 0 Å². The van der Waals surface area contributed by atoms with E-state index in [-0.39, 0.29) is 0 Å². The maximum absolute atomic E-state index is 9.11. The molecule has 0 fully saturated rings. The van der Waals surface area contributed by atoms with Crippen LogP contribution in [0, 0.1) is 32.9 Å². The number of benzene rings is 2. The molecule has 0 spiro atoms. The van der Waals surface area contributed by atoms with E-state index in [1.165, 1.54) is 11.3 Å². The van der Waals surface area contributed by atoms with Gasteiger partial charge in [-0.15, -0.1) is 11.3 Å². The van der Waals surface area contributed by atoms with Crippen molar-refractivity contribution in [3.05, 3.63) is 69.2 Å². The van der Waals surface area contributed by atoms with Gasteiger partial charge in [0, 0.05) is 10.8 Å². The number of fused-ring (bicyclic) bond motifs is 2. The lowest BCUT2D eigenvalue weighted by molar-refractivity contribution is 0.564. The number of hydrogen-bond donors (Lipinski definition) is 0. The lowest BCUT2D eigenvalue weighted by atomic mass is 10.1. The van der Waals surface area contributed by atoms with Crippen LogP contribution in [0.4, 0.5) is 0 Å². The van der Waals surface area contributed by atoms with E-state index in [9.17, 15) is 0 Å². The smallest absolute Gasteiger partial charge is 0.206 e. The Labute approximate surface area is 139 Å². The zero-order chi connectivity index (χ0) is 16.5. The van der Waals surface area contributed by atoms with Gasteiger partial charge in [0.05, 0.1) is 9.23 Å². The summed E-state index contributed by atoms with van der Waals surface area (Å²) in [6.45, 7) is 0. The van der Waals surface area contributed by atoms with E-state index in [2.05, 4.69) is 9.98 Å². The molecule has 0 N–H and O–H groups in total. The van der Waals surface area contributed by atoms with Crippen LogP contribution in [0.15, 0.2) is 62.9 Å². The topological polar surface area (TPSA) is 85.4 Å². The summed E-state index contributed by atoms with van der Waals surface area (Å²) < 4.78 is 7.65. The van der Waals surface area contributed by atoms with E-state index >= 15 is 0 Å². The van der Waals surface area contributed by atoms with Gasteiger partial charge < -0.3 is 4.42 Å². The molecule has 0 atom stereocenters. The van der Waals surface area contributed by atoms with Crippen molar-refractivity contribution in [1.29, 1.82) is 10.5 Å². The summed E-state index contributed by atoms with van der Waals surface area (Å²) in [5.41, 5.74) is 1.16. The van der Waals surface area contributed by atoms with E-state index in [1.54, 1.807) is 0 Å². The normalized spacial score (nSPS) is 12.6. The van der Waals surface area contributed by atoms with Crippen LogP contribution in [-0.2, 0) is 0 Å². The molecule has 1 heterocycles. The average Bonchev–Trinajstić information content (AvgIpc) is 2.63. The number of rotatable bonds is 0. The summed E-state index contributed by atoms with van der Waals surface area (Å²) >= 11 is 1.46. The van der Waals surface area contributed by atoms with Gasteiger partial charge in [0.2, 0.25) is 12.4 Å². The highest BCUT2D eigenvalue weighted by atomic mass is 32.1. The number of para-hydroxylation sites is 1. The molecule has 2 aromatic rings. The maximum Gasteiger partial charge on any atom is 0.206 e. The third kappa shape index (κ3) is 2.06. The van der Waals surface area contributed by atoms with E-state index in [0.717, 1.165) is 15.5 Å². The third-order valence-electron chi connectivity index (χ3n) is 3.67. The molecule has 0 amide bonds. The maximum atomic E-state index is 9.11. The quantitative estimate of drug-likeness (QED) is 0.465. The molecular weight excluding hydrogens is 320 g/mol. The Kier molecular flexibility index (Phi) is 3.31. The van der Waals surface area contributed by atoms with Crippen molar-refractivity contribution in [3.63, 3.8) is 0 Å². The van der Waals surface area contributed by atoms with Crippen LogP contribution in [0.1, 0.15) is 0 Å². The van der Waals surface area contributed by atoms with Gasteiger partial charge in [0.25, 0.3) is 0 Å². The van der Waals surface area contributed by atoms with Crippen LogP contribution in [-0.4, -0.2) is 0 Å². The second kappa shape index (κ2) is 5.62. The van der Waals surface area contributed by atoms with Crippen molar-refractivity contribution in [3.8, 4) is 12.4 Å².